The average molecular weight is 278 g/mol. The molecule has 0 heterocycles. The molecule has 1 N–H and O–H groups in total. The van der Waals surface area contributed by atoms with Crippen LogP contribution in [-0.4, -0.2) is 30.6 Å². The summed E-state index contributed by atoms with van der Waals surface area (Å²) in [5.74, 6) is 1.33. The van der Waals surface area contributed by atoms with Gasteiger partial charge in [-0.2, -0.15) is 0 Å². The number of hydrogen-bond acceptors (Lipinski definition) is 2. The zero-order valence-corrected chi connectivity index (χ0v) is 13.0. The molecule has 0 aliphatic rings. The van der Waals surface area contributed by atoms with Gasteiger partial charge in [0.05, 0.1) is 6.61 Å². The highest BCUT2D eigenvalue weighted by Gasteiger charge is 2.10. The molecule has 0 bridgehead atoms. The molecular weight excluding hydrogens is 252 g/mol. The fourth-order valence-corrected chi connectivity index (χ4v) is 1.84. The van der Waals surface area contributed by atoms with Gasteiger partial charge in [0.25, 0.3) is 0 Å². The van der Waals surface area contributed by atoms with Gasteiger partial charge in [0, 0.05) is 25.2 Å². The number of nitrogens with zero attached hydrogens (tertiary/aromatic N) is 1. The second-order valence-electron chi connectivity index (χ2n) is 5.14. The number of urea groups is 1. The Morgan fingerprint density at radius 1 is 1.25 bits per heavy atom. The molecule has 1 aromatic carbocycles. The second kappa shape index (κ2) is 8.46. The Balaban J connectivity index is 2.61. The SMILES string of the molecule is CCN(CC)C(=O)NCc1ccccc1OCC(C)C. The molecule has 0 atom stereocenters. The molecule has 0 fully saturated rings. The van der Waals surface area contributed by atoms with Crippen molar-refractivity contribution in [2.24, 2.45) is 5.92 Å². The van der Waals surface area contributed by atoms with Crippen LogP contribution in [0.3, 0.4) is 0 Å². The van der Waals surface area contributed by atoms with Gasteiger partial charge >= 0.3 is 6.03 Å². The van der Waals surface area contributed by atoms with E-state index in [2.05, 4.69) is 19.2 Å². The van der Waals surface area contributed by atoms with Crippen molar-refractivity contribution in [3.05, 3.63) is 29.8 Å². The summed E-state index contributed by atoms with van der Waals surface area (Å²) in [4.78, 5) is 13.7. The minimum Gasteiger partial charge on any atom is -0.493 e. The van der Waals surface area contributed by atoms with E-state index in [1.165, 1.54) is 0 Å². The van der Waals surface area contributed by atoms with E-state index >= 15 is 0 Å². The van der Waals surface area contributed by atoms with Crippen LogP contribution in [0.4, 0.5) is 4.79 Å². The summed E-state index contributed by atoms with van der Waals surface area (Å²) in [6.07, 6.45) is 0. The summed E-state index contributed by atoms with van der Waals surface area (Å²) in [5.41, 5.74) is 1.01. The van der Waals surface area contributed by atoms with Gasteiger partial charge in [-0.3, -0.25) is 0 Å². The topological polar surface area (TPSA) is 41.6 Å². The predicted molar refractivity (Wildman–Crippen MR) is 81.9 cm³/mol. The quantitative estimate of drug-likeness (QED) is 0.831. The third-order valence-electron chi connectivity index (χ3n) is 3.03. The molecule has 0 spiro atoms. The maximum Gasteiger partial charge on any atom is 0.317 e. The fraction of sp³-hybridized carbons (Fsp3) is 0.562. The van der Waals surface area contributed by atoms with Crippen molar-refractivity contribution in [2.75, 3.05) is 19.7 Å². The fourth-order valence-electron chi connectivity index (χ4n) is 1.84. The molecular formula is C16H26N2O2. The van der Waals surface area contributed by atoms with E-state index in [-0.39, 0.29) is 6.03 Å². The normalized spacial score (nSPS) is 10.4. The summed E-state index contributed by atoms with van der Waals surface area (Å²) in [7, 11) is 0. The summed E-state index contributed by atoms with van der Waals surface area (Å²) >= 11 is 0. The molecule has 1 aromatic rings. The van der Waals surface area contributed by atoms with Gasteiger partial charge in [0.1, 0.15) is 5.75 Å². The van der Waals surface area contributed by atoms with E-state index in [9.17, 15) is 4.79 Å². The van der Waals surface area contributed by atoms with Crippen molar-refractivity contribution in [1.82, 2.24) is 10.2 Å². The number of para-hydroxylation sites is 1. The monoisotopic (exact) mass is 278 g/mol. The average Bonchev–Trinajstić information content (AvgIpc) is 2.45. The number of ether oxygens (including phenoxy) is 1. The van der Waals surface area contributed by atoms with E-state index < -0.39 is 0 Å². The number of hydrogen-bond donors (Lipinski definition) is 1. The molecule has 0 aliphatic carbocycles. The Morgan fingerprint density at radius 3 is 2.50 bits per heavy atom. The smallest absolute Gasteiger partial charge is 0.317 e. The largest absolute Gasteiger partial charge is 0.493 e. The third kappa shape index (κ3) is 5.11. The number of rotatable bonds is 7. The lowest BCUT2D eigenvalue weighted by atomic mass is 10.2. The van der Waals surface area contributed by atoms with Crippen molar-refractivity contribution < 1.29 is 9.53 Å². The molecule has 2 amide bonds. The molecule has 0 saturated heterocycles. The van der Waals surface area contributed by atoms with Crippen LogP contribution in [0.1, 0.15) is 33.3 Å². The van der Waals surface area contributed by atoms with Crippen LogP contribution in [0.15, 0.2) is 24.3 Å². The zero-order valence-electron chi connectivity index (χ0n) is 13.0. The van der Waals surface area contributed by atoms with Gasteiger partial charge in [-0.1, -0.05) is 32.0 Å². The number of carbonyl (C=O) groups is 1. The van der Waals surface area contributed by atoms with Gasteiger partial charge < -0.3 is 15.0 Å². The van der Waals surface area contributed by atoms with Gasteiger partial charge in [-0.15, -0.1) is 0 Å². The van der Waals surface area contributed by atoms with Crippen LogP contribution in [0.25, 0.3) is 0 Å². The van der Waals surface area contributed by atoms with E-state index in [0.717, 1.165) is 11.3 Å². The minimum atomic E-state index is -0.0336. The number of carbonyl (C=O) groups excluding carboxylic acids is 1. The Hall–Kier alpha value is -1.71. The van der Waals surface area contributed by atoms with Crippen molar-refractivity contribution in [1.29, 1.82) is 0 Å². The highest BCUT2D eigenvalue weighted by Crippen LogP contribution is 2.18. The third-order valence-corrected chi connectivity index (χ3v) is 3.03. The maximum absolute atomic E-state index is 11.9. The minimum absolute atomic E-state index is 0.0336. The van der Waals surface area contributed by atoms with E-state index in [4.69, 9.17) is 4.74 Å². The van der Waals surface area contributed by atoms with Crippen LogP contribution >= 0.6 is 0 Å². The van der Waals surface area contributed by atoms with Crippen molar-refractivity contribution in [3.63, 3.8) is 0 Å². The first-order valence-electron chi connectivity index (χ1n) is 7.31. The molecule has 0 saturated carbocycles. The lowest BCUT2D eigenvalue weighted by Gasteiger charge is -2.20. The summed E-state index contributed by atoms with van der Waals surface area (Å²) in [5, 5.41) is 2.94. The lowest BCUT2D eigenvalue weighted by molar-refractivity contribution is 0.202. The first-order valence-corrected chi connectivity index (χ1v) is 7.31. The molecule has 0 aromatic heterocycles. The Kier molecular flexibility index (Phi) is 6.91. The molecule has 0 aliphatic heterocycles. The second-order valence-corrected chi connectivity index (χ2v) is 5.14. The van der Waals surface area contributed by atoms with Gasteiger partial charge in [0.15, 0.2) is 0 Å². The van der Waals surface area contributed by atoms with Crippen LogP contribution in [0, 0.1) is 5.92 Å². The molecule has 0 radical (unpaired) electrons. The molecule has 112 valence electrons. The highest BCUT2D eigenvalue weighted by molar-refractivity contribution is 5.74. The molecule has 4 nitrogen and oxygen atoms in total. The first-order chi connectivity index (χ1) is 9.58. The Morgan fingerprint density at radius 2 is 1.90 bits per heavy atom. The summed E-state index contributed by atoms with van der Waals surface area (Å²) in [6, 6.07) is 7.81. The molecule has 0 unspecified atom stereocenters. The van der Waals surface area contributed by atoms with Gasteiger partial charge in [0.2, 0.25) is 0 Å². The first kappa shape index (κ1) is 16.3. The van der Waals surface area contributed by atoms with Crippen molar-refractivity contribution >= 4 is 6.03 Å². The predicted octanol–water partition coefficient (Wildman–Crippen LogP) is 3.27. The van der Waals surface area contributed by atoms with Crippen molar-refractivity contribution in [2.45, 2.75) is 34.2 Å². The van der Waals surface area contributed by atoms with Gasteiger partial charge in [-0.25, -0.2) is 4.79 Å². The Labute approximate surface area is 122 Å². The number of benzene rings is 1. The van der Waals surface area contributed by atoms with Crippen LogP contribution < -0.4 is 10.1 Å². The number of amides is 2. The zero-order chi connectivity index (χ0) is 15.0. The van der Waals surface area contributed by atoms with E-state index in [1.54, 1.807) is 4.90 Å². The van der Waals surface area contributed by atoms with Crippen LogP contribution in [0.5, 0.6) is 5.75 Å². The maximum atomic E-state index is 11.9. The van der Waals surface area contributed by atoms with E-state index in [1.807, 2.05) is 38.1 Å². The van der Waals surface area contributed by atoms with Crippen LogP contribution in [-0.2, 0) is 6.54 Å². The van der Waals surface area contributed by atoms with Crippen molar-refractivity contribution in [3.8, 4) is 5.75 Å². The molecule has 1 rings (SSSR count). The Bertz CT molecular complexity index is 415. The van der Waals surface area contributed by atoms with Crippen LogP contribution in [0.2, 0.25) is 0 Å². The van der Waals surface area contributed by atoms with E-state index in [0.29, 0.717) is 32.2 Å². The molecule has 20 heavy (non-hydrogen) atoms. The highest BCUT2D eigenvalue weighted by atomic mass is 16.5. The summed E-state index contributed by atoms with van der Waals surface area (Å²) in [6.45, 7) is 10.8. The number of nitrogens with one attached hydrogen (secondary N) is 1. The lowest BCUT2D eigenvalue weighted by Crippen LogP contribution is -2.39. The standard InChI is InChI=1S/C16H26N2O2/c1-5-18(6-2)16(19)17-11-14-9-7-8-10-15(14)20-12-13(3)4/h7-10,13H,5-6,11-12H2,1-4H3,(H,17,19). The molecule has 4 heteroatoms. The van der Waals surface area contributed by atoms with Gasteiger partial charge in [-0.05, 0) is 25.8 Å². The summed E-state index contributed by atoms with van der Waals surface area (Å²) < 4.78 is 5.78.